The minimum atomic E-state index is -0.802. The van der Waals surface area contributed by atoms with Gasteiger partial charge in [-0.1, -0.05) is 30.3 Å². The number of ketones is 1. The van der Waals surface area contributed by atoms with Crippen LogP contribution in [0.3, 0.4) is 0 Å². The number of hydrogen-bond donors (Lipinski definition) is 0. The van der Waals surface area contributed by atoms with E-state index in [-0.39, 0.29) is 11.1 Å². The summed E-state index contributed by atoms with van der Waals surface area (Å²) in [6, 6.07) is 10.6. The first-order chi connectivity index (χ1) is 8.11. The second-order valence-electron chi connectivity index (χ2n) is 3.71. The van der Waals surface area contributed by atoms with E-state index < -0.39 is 17.4 Å². The quantitative estimate of drug-likeness (QED) is 0.719. The molecule has 2 rings (SSSR count). The van der Waals surface area contributed by atoms with Gasteiger partial charge in [0.2, 0.25) is 0 Å². The third-order valence-corrected chi connectivity index (χ3v) is 2.53. The Kier molecular flexibility index (Phi) is 3.00. The van der Waals surface area contributed by atoms with Crippen LogP contribution in [0.2, 0.25) is 0 Å². The third-order valence-electron chi connectivity index (χ3n) is 2.53. The normalized spacial score (nSPS) is 10.3. The molecule has 17 heavy (non-hydrogen) atoms. The summed E-state index contributed by atoms with van der Waals surface area (Å²) < 4.78 is 27.6. The van der Waals surface area contributed by atoms with Gasteiger partial charge >= 0.3 is 0 Å². The van der Waals surface area contributed by atoms with Gasteiger partial charge in [-0.2, -0.15) is 0 Å². The van der Waals surface area contributed by atoms with Crippen LogP contribution < -0.4 is 0 Å². The van der Waals surface area contributed by atoms with E-state index >= 15 is 0 Å². The van der Waals surface area contributed by atoms with Crippen molar-refractivity contribution in [3.05, 3.63) is 59.7 Å². The van der Waals surface area contributed by atoms with Crippen LogP contribution in [0.25, 0.3) is 11.1 Å². The van der Waals surface area contributed by atoms with Gasteiger partial charge in [-0.3, -0.25) is 4.79 Å². The number of hydrogen-bond acceptors (Lipinski definition) is 1. The molecule has 0 aliphatic carbocycles. The van der Waals surface area contributed by atoms with Crippen LogP contribution in [0.4, 0.5) is 8.78 Å². The molecule has 86 valence electrons. The van der Waals surface area contributed by atoms with E-state index in [9.17, 15) is 13.6 Å². The van der Waals surface area contributed by atoms with Crippen molar-refractivity contribution < 1.29 is 13.6 Å². The summed E-state index contributed by atoms with van der Waals surface area (Å²) in [5.74, 6) is -1.89. The Morgan fingerprint density at radius 1 is 1.00 bits per heavy atom. The van der Waals surface area contributed by atoms with Crippen LogP contribution in [-0.4, -0.2) is 5.78 Å². The summed E-state index contributed by atoms with van der Waals surface area (Å²) in [5, 5.41) is 0. The molecule has 2 aromatic rings. The molecule has 0 amide bonds. The Balaban J connectivity index is 2.69. The van der Waals surface area contributed by atoms with E-state index in [4.69, 9.17) is 0 Å². The first-order valence-electron chi connectivity index (χ1n) is 5.15. The molecule has 0 heterocycles. The van der Waals surface area contributed by atoms with Crippen LogP contribution in [0, 0.1) is 11.6 Å². The maximum atomic E-state index is 14.0. The number of Topliss-reactive ketones (excluding diaryl/α,β-unsaturated/α-hetero) is 1. The van der Waals surface area contributed by atoms with E-state index in [0.717, 1.165) is 6.07 Å². The number of rotatable bonds is 2. The average molecular weight is 232 g/mol. The fourth-order valence-corrected chi connectivity index (χ4v) is 1.69. The highest BCUT2D eigenvalue weighted by molar-refractivity contribution is 5.95. The molecular weight excluding hydrogens is 222 g/mol. The summed E-state index contributed by atoms with van der Waals surface area (Å²) in [5.41, 5.74) is 0.175. The fourth-order valence-electron chi connectivity index (χ4n) is 1.69. The summed E-state index contributed by atoms with van der Waals surface area (Å²) >= 11 is 0. The third kappa shape index (κ3) is 2.09. The van der Waals surface area contributed by atoms with Crippen LogP contribution in [-0.2, 0) is 0 Å². The average Bonchev–Trinajstić information content (AvgIpc) is 2.30. The van der Waals surface area contributed by atoms with Gasteiger partial charge in [0.15, 0.2) is 5.78 Å². The molecule has 0 aliphatic heterocycles. The zero-order valence-corrected chi connectivity index (χ0v) is 9.21. The standard InChI is InChI=1S/C14H10F2O/c1-9(17)11-7-8-12(15)13(14(11)16)10-5-3-2-4-6-10/h2-8H,1H3. The molecule has 0 atom stereocenters. The molecular formula is C14H10F2O. The molecule has 0 saturated carbocycles. The van der Waals surface area contributed by atoms with Gasteiger partial charge in [0.25, 0.3) is 0 Å². The first kappa shape index (κ1) is 11.5. The van der Waals surface area contributed by atoms with Gasteiger partial charge in [-0.25, -0.2) is 8.78 Å². The maximum Gasteiger partial charge on any atom is 0.162 e. The minimum Gasteiger partial charge on any atom is -0.294 e. The SMILES string of the molecule is CC(=O)c1ccc(F)c(-c2ccccc2)c1F. The lowest BCUT2D eigenvalue weighted by molar-refractivity contribution is 0.101. The van der Waals surface area contributed by atoms with E-state index in [1.807, 2.05) is 0 Å². The Hall–Kier alpha value is -2.03. The van der Waals surface area contributed by atoms with E-state index in [0.29, 0.717) is 5.56 Å². The van der Waals surface area contributed by atoms with E-state index in [1.54, 1.807) is 30.3 Å². The molecule has 0 radical (unpaired) electrons. The van der Waals surface area contributed by atoms with Crippen molar-refractivity contribution in [2.24, 2.45) is 0 Å². The largest absolute Gasteiger partial charge is 0.294 e. The van der Waals surface area contributed by atoms with Crippen LogP contribution in [0.5, 0.6) is 0 Å². The first-order valence-corrected chi connectivity index (χ1v) is 5.15. The molecule has 1 nitrogen and oxygen atoms in total. The summed E-state index contributed by atoms with van der Waals surface area (Å²) in [4.78, 5) is 11.2. The van der Waals surface area contributed by atoms with Crippen molar-refractivity contribution in [3.63, 3.8) is 0 Å². The summed E-state index contributed by atoms with van der Waals surface area (Å²) in [6.07, 6.45) is 0. The van der Waals surface area contributed by atoms with Crippen molar-refractivity contribution in [2.75, 3.05) is 0 Å². The van der Waals surface area contributed by atoms with Crippen molar-refractivity contribution in [2.45, 2.75) is 6.92 Å². The maximum absolute atomic E-state index is 14.0. The Labute approximate surface area is 97.7 Å². The van der Waals surface area contributed by atoms with Gasteiger partial charge in [-0.05, 0) is 24.6 Å². The number of carbonyl (C=O) groups excluding carboxylic acids is 1. The molecule has 0 spiro atoms. The molecule has 2 aromatic carbocycles. The molecule has 0 N–H and O–H groups in total. The summed E-state index contributed by atoms with van der Waals surface area (Å²) in [6.45, 7) is 1.26. The topological polar surface area (TPSA) is 17.1 Å². The van der Waals surface area contributed by atoms with Gasteiger partial charge in [0, 0.05) is 0 Å². The van der Waals surface area contributed by atoms with Crippen molar-refractivity contribution >= 4 is 5.78 Å². The van der Waals surface area contributed by atoms with Gasteiger partial charge in [-0.15, -0.1) is 0 Å². The van der Waals surface area contributed by atoms with Crippen molar-refractivity contribution in [1.29, 1.82) is 0 Å². The predicted octanol–water partition coefficient (Wildman–Crippen LogP) is 3.83. The number of carbonyl (C=O) groups is 1. The smallest absolute Gasteiger partial charge is 0.162 e. The van der Waals surface area contributed by atoms with Crippen molar-refractivity contribution in [3.8, 4) is 11.1 Å². The highest BCUT2D eigenvalue weighted by atomic mass is 19.1. The molecule has 0 unspecified atom stereocenters. The van der Waals surface area contributed by atoms with Gasteiger partial charge < -0.3 is 0 Å². The lowest BCUT2D eigenvalue weighted by Gasteiger charge is -2.07. The Morgan fingerprint density at radius 3 is 2.24 bits per heavy atom. The summed E-state index contributed by atoms with van der Waals surface area (Å²) in [7, 11) is 0. The predicted molar refractivity (Wildman–Crippen MR) is 61.8 cm³/mol. The molecule has 0 aliphatic rings. The lowest BCUT2D eigenvalue weighted by Crippen LogP contribution is -2.01. The Bertz CT molecular complexity index is 562. The highest BCUT2D eigenvalue weighted by Crippen LogP contribution is 2.28. The molecule has 0 aromatic heterocycles. The van der Waals surface area contributed by atoms with Crippen molar-refractivity contribution in [1.82, 2.24) is 0 Å². The second kappa shape index (κ2) is 4.45. The molecule has 0 saturated heterocycles. The van der Waals surface area contributed by atoms with Crippen LogP contribution >= 0.6 is 0 Å². The van der Waals surface area contributed by atoms with E-state index in [2.05, 4.69) is 0 Å². The monoisotopic (exact) mass is 232 g/mol. The second-order valence-corrected chi connectivity index (χ2v) is 3.71. The zero-order valence-electron chi connectivity index (χ0n) is 9.21. The molecule has 3 heteroatoms. The van der Waals surface area contributed by atoms with Crippen LogP contribution in [0.1, 0.15) is 17.3 Å². The number of halogens is 2. The van der Waals surface area contributed by atoms with E-state index in [1.165, 1.54) is 13.0 Å². The molecule has 0 fully saturated rings. The van der Waals surface area contributed by atoms with Gasteiger partial charge in [0.05, 0.1) is 11.1 Å². The Morgan fingerprint density at radius 2 is 1.65 bits per heavy atom. The lowest BCUT2D eigenvalue weighted by atomic mass is 10.00. The molecule has 0 bridgehead atoms. The minimum absolute atomic E-state index is 0.0924. The van der Waals surface area contributed by atoms with Crippen LogP contribution in [0.15, 0.2) is 42.5 Å². The zero-order chi connectivity index (χ0) is 12.4. The number of benzene rings is 2. The van der Waals surface area contributed by atoms with Gasteiger partial charge in [0.1, 0.15) is 11.6 Å². The fraction of sp³-hybridized carbons (Fsp3) is 0.0714. The highest BCUT2D eigenvalue weighted by Gasteiger charge is 2.17.